The molecule has 2 aromatic carbocycles. The highest BCUT2D eigenvalue weighted by atomic mass is 79.9. The van der Waals surface area contributed by atoms with Crippen LogP contribution in [0.15, 0.2) is 61.1 Å². The highest BCUT2D eigenvalue weighted by molar-refractivity contribution is 9.11. The Bertz CT molecular complexity index is 1040. The van der Waals surface area contributed by atoms with Crippen LogP contribution in [0.1, 0.15) is 5.56 Å². The highest BCUT2D eigenvalue weighted by Crippen LogP contribution is 2.40. The van der Waals surface area contributed by atoms with Crippen LogP contribution in [0.4, 0.5) is 0 Å². The first-order valence-corrected chi connectivity index (χ1v) is 9.35. The first-order chi connectivity index (χ1) is 11.9. The zero-order valence-electron chi connectivity index (χ0n) is 13.2. The summed E-state index contributed by atoms with van der Waals surface area (Å²) in [5, 5.41) is 0.948. The molecule has 3 nitrogen and oxygen atoms in total. The summed E-state index contributed by atoms with van der Waals surface area (Å²) in [6, 6.07) is 8.73. The van der Waals surface area contributed by atoms with Crippen LogP contribution in [-0.4, -0.2) is 6.61 Å². The van der Waals surface area contributed by atoms with Gasteiger partial charge in [-0.1, -0.05) is 40.2 Å². The Morgan fingerprint density at radius 1 is 1.28 bits per heavy atom. The predicted molar refractivity (Wildman–Crippen MR) is 109 cm³/mol. The van der Waals surface area contributed by atoms with E-state index < -0.39 is 0 Å². The summed E-state index contributed by atoms with van der Waals surface area (Å²) < 4.78 is 13.4. The topological polar surface area (TPSA) is 39.4 Å². The van der Waals surface area contributed by atoms with Crippen molar-refractivity contribution in [2.24, 2.45) is 0 Å². The smallest absolute Gasteiger partial charge is 0.196 e. The minimum absolute atomic E-state index is 0.121. The number of ether oxygens (including phenoxy) is 1. The molecule has 3 aromatic rings. The predicted octanol–water partition coefficient (Wildman–Crippen LogP) is 6.51. The molecule has 1 aromatic heterocycles. The van der Waals surface area contributed by atoms with Crippen LogP contribution < -0.4 is 10.2 Å². The number of hydrogen-bond donors (Lipinski definition) is 0. The molecule has 0 saturated heterocycles. The molecular weight excluding hydrogens is 471 g/mol. The Morgan fingerprint density at radius 3 is 2.76 bits per heavy atom. The Morgan fingerprint density at radius 2 is 2.04 bits per heavy atom. The summed E-state index contributed by atoms with van der Waals surface area (Å²) in [5.74, 6) is 1.04. The number of benzene rings is 2. The molecule has 0 unspecified atom stereocenters. The van der Waals surface area contributed by atoms with E-state index >= 15 is 0 Å². The summed E-state index contributed by atoms with van der Waals surface area (Å²) in [5.41, 5.74) is 1.52. The van der Waals surface area contributed by atoms with Crippen LogP contribution in [0.2, 0.25) is 5.02 Å². The molecule has 128 valence electrons. The summed E-state index contributed by atoms with van der Waals surface area (Å²) in [7, 11) is 0. The number of fused-ring (bicyclic) bond motifs is 1. The van der Waals surface area contributed by atoms with E-state index in [-0.39, 0.29) is 5.43 Å². The van der Waals surface area contributed by atoms with Crippen LogP contribution >= 0.6 is 43.5 Å². The third-order valence-electron chi connectivity index (χ3n) is 3.68. The number of rotatable bonds is 4. The van der Waals surface area contributed by atoms with E-state index in [1.807, 2.05) is 12.1 Å². The molecular formula is C19H13Br2ClO3. The van der Waals surface area contributed by atoms with Crippen molar-refractivity contribution < 1.29 is 9.15 Å². The second-order valence-electron chi connectivity index (χ2n) is 5.39. The first kappa shape index (κ1) is 18.2. The largest absolute Gasteiger partial charge is 0.488 e. The fourth-order valence-electron chi connectivity index (χ4n) is 2.54. The van der Waals surface area contributed by atoms with Crippen LogP contribution in [-0.2, 0) is 0 Å². The van der Waals surface area contributed by atoms with Gasteiger partial charge in [-0.3, -0.25) is 4.79 Å². The first-order valence-electron chi connectivity index (χ1n) is 7.38. The molecule has 0 bridgehead atoms. The zero-order valence-corrected chi connectivity index (χ0v) is 17.2. The fraction of sp³-hybridized carbons (Fsp3) is 0.105. The molecule has 0 fully saturated rings. The van der Waals surface area contributed by atoms with Crippen LogP contribution in [0.3, 0.4) is 0 Å². The number of hydrogen-bond acceptors (Lipinski definition) is 3. The molecule has 0 saturated carbocycles. The van der Waals surface area contributed by atoms with Gasteiger partial charge in [0.25, 0.3) is 0 Å². The molecule has 0 aliphatic carbocycles. The maximum absolute atomic E-state index is 12.8. The van der Waals surface area contributed by atoms with Gasteiger partial charge in [0.05, 0.1) is 15.4 Å². The monoisotopic (exact) mass is 482 g/mol. The van der Waals surface area contributed by atoms with Gasteiger partial charge < -0.3 is 9.15 Å². The van der Waals surface area contributed by atoms with Gasteiger partial charge in [0.2, 0.25) is 0 Å². The molecule has 3 rings (SSSR count). The summed E-state index contributed by atoms with van der Waals surface area (Å²) in [6.07, 6.45) is 1.66. The van der Waals surface area contributed by atoms with E-state index in [0.29, 0.717) is 45.2 Å². The van der Waals surface area contributed by atoms with Crippen molar-refractivity contribution in [2.75, 3.05) is 6.61 Å². The van der Waals surface area contributed by atoms with E-state index in [1.54, 1.807) is 31.2 Å². The van der Waals surface area contributed by atoms with Crippen molar-refractivity contribution in [3.63, 3.8) is 0 Å². The van der Waals surface area contributed by atoms with Gasteiger partial charge in [-0.2, -0.15) is 0 Å². The highest BCUT2D eigenvalue weighted by Gasteiger charge is 2.19. The minimum atomic E-state index is -0.121. The van der Waals surface area contributed by atoms with E-state index in [2.05, 4.69) is 38.4 Å². The van der Waals surface area contributed by atoms with Gasteiger partial charge in [0.1, 0.15) is 23.7 Å². The van der Waals surface area contributed by atoms with Gasteiger partial charge in [-0.25, -0.2) is 0 Å². The Hall–Kier alpha value is -1.56. The van der Waals surface area contributed by atoms with Gasteiger partial charge in [-0.15, -0.1) is 0 Å². The van der Waals surface area contributed by atoms with Crippen molar-refractivity contribution in [1.82, 2.24) is 0 Å². The molecule has 0 aliphatic heterocycles. The van der Waals surface area contributed by atoms with E-state index in [1.165, 1.54) is 0 Å². The van der Waals surface area contributed by atoms with Gasteiger partial charge in [0, 0.05) is 15.1 Å². The quantitative estimate of drug-likeness (QED) is 0.396. The second kappa shape index (κ2) is 7.36. The Kier molecular flexibility index (Phi) is 5.37. The summed E-state index contributed by atoms with van der Waals surface area (Å²) in [6.45, 7) is 5.73. The molecule has 0 N–H and O–H groups in total. The van der Waals surface area contributed by atoms with Gasteiger partial charge >= 0.3 is 0 Å². The Labute approximate surface area is 166 Å². The summed E-state index contributed by atoms with van der Waals surface area (Å²) in [4.78, 5) is 12.8. The average Bonchev–Trinajstić information content (AvgIpc) is 2.57. The summed E-state index contributed by atoms with van der Waals surface area (Å²) >= 11 is 13.0. The van der Waals surface area contributed by atoms with Crippen LogP contribution in [0, 0.1) is 6.92 Å². The number of halogens is 3. The molecule has 0 amide bonds. The van der Waals surface area contributed by atoms with Crippen molar-refractivity contribution in [3.8, 4) is 17.1 Å². The van der Waals surface area contributed by atoms with Gasteiger partial charge in [0.15, 0.2) is 5.43 Å². The molecule has 0 aliphatic rings. The van der Waals surface area contributed by atoms with Crippen molar-refractivity contribution >= 4 is 54.4 Å². The van der Waals surface area contributed by atoms with Gasteiger partial charge in [-0.05, 0) is 53.2 Å². The van der Waals surface area contributed by atoms with Crippen molar-refractivity contribution in [3.05, 3.63) is 72.7 Å². The van der Waals surface area contributed by atoms with E-state index in [4.69, 9.17) is 20.8 Å². The van der Waals surface area contributed by atoms with E-state index in [9.17, 15) is 4.79 Å². The third kappa shape index (κ3) is 3.54. The lowest BCUT2D eigenvalue weighted by Crippen LogP contribution is -2.08. The lowest BCUT2D eigenvalue weighted by Gasteiger charge is -2.14. The molecule has 0 spiro atoms. The molecule has 0 radical (unpaired) electrons. The zero-order chi connectivity index (χ0) is 18.1. The fourth-order valence-corrected chi connectivity index (χ4v) is 4.05. The Balaban J connectivity index is 2.33. The normalized spacial score (nSPS) is 10.9. The van der Waals surface area contributed by atoms with Crippen LogP contribution in [0.5, 0.6) is 5.75 Å². The van der Waals surface area contributed by atoms with Crippen LogP contribution in [0.25, 0.3) is 22.3 Å². The molecule has 1 heterocycles. The van der Waals surface area contributed by atoms with E-state index in [0.717, 1.165) is 8.95 Å². The lowest BCUT2D eigenvalue weighted by molar-refractivity contribution is 0.361. The maximum Gasteiger partial charge on any atom is 0.196 e. The second-order valence-corrected chi connectivity index (χ2v) is 7.60. The standard InChI is InChI=1S/C19H13Br2ClO3/c1-3-6-24-19-14(7-11(20)8-15(19)21)18-10(2)17(23)13-9-12(22)4-5-16(13)25-18/h3-5,7-9H,1,6H2,2H3. The molecule has 6 heteroatoms. The average molecular weight is 485 g/mol. The SMILES string of the molecule is C=CCOc1c(Br)cc(Br)cc1-c1oc2ccc(Cl)cc2c(=O)c1C. The minimum Gasteiger partial charge on any atom is -0.488 e. The van der Waals surface area contributed by atoms with Crippen molar-refractivity contribution in [2.45, 2.75) is 6.92 Å². The molecule has 0 atom stereocenters. The van der Waals surface area contributed by atoms with Crippen molar-refractivity contribution in [1.29, 1.82) is 0 Å². The lowest BCUT2D eigenvalue weighted by atomic mass is 10.0. The molecule has 25 heavy (non-hydrogen) atoms. The third-order valence-corrected chi connectivity index (χ3v) is 4.96. The maximum atomic E-state index is 12.8.